The average Bonchev–Trinajstić information content (AvgIpc) is 3.39. The fraction of sp³-hybridized carbons (Fsp3) is 0.273. The molecule has 1 fully saturated rings. The molecule has 3 aromatic heterocycles. The van der Waals surface area contributed by atoms with Crippen LogP contribution in [0.5, 0.6) is 0 Å². The summed E-state index contributed by atoms with van der Waals surface area (Å²) < 4.78 is 40.2. The van der Waals surface area contributed by atoms with Crippen molar-refractivity contribution in [2.45, 2.75) is 25.2 Å². The molecule has 1 aliphatic rings. The Kier molecular flexibility index (Phi) is 5.70. The van der Waals surface area contributed by atoms with Crippen molar-refractivity contribution >= 4 is 39.1 Å². The van der Waals surface area contributed by atoms with Gasteiger partial charge in [-0.1, -0.05) is 11.3 Å². The Morgan fingerprint density at radius 3 is 2.62 bits per heavy atom. The summed E-state index contributed by atoms with van der Waals surface area (Å²) in [5.74, 6) is -0.320. The Labute approximate surface area is 196 Å². The molecule has 0 unspecified atom stereocenters. The third kappa shape index (κ3) is 4.46. The maximum Gasteiger partial charge on any atom is 0.416 e. The summed E-state index contributed by atoms with van der Waals surface area (Å²) in [4.78, 5) is 26.5. The van der Waals surface area contributed by atoms with Crippen molar-refractivity contribution in [2.24, 2.45) is 0 Å². The zero-order chi connectivity index (χ0) is 23.9. The smallest absolute Gasteiger partial charge is 0.343 e. The van der Waals surface area contributed by atoms with Gasteiger partial charge < -0.3 is 20.5 Å². The number of rotatable bonds is 6. The number of halogens is 3. The SMILES string of the molecule is C[C@@H](NC(=O)c1cc2c(cn1)ncn2C1CNC1)c1cnc(Nc2ccc(C(F)(F)F)cc2)s1. The molecule has 0 spiro atoms. The second-order valence-electron chi connectivity index (χ2n) is 7.99. The molecule has 4 heterocycles. The van der Waals surface area contributed by atoms with Crippen LogP contribution in [0.4, 0.5) is 24.0 Å². The first-order valence-corrected chi connectivity index (χ1v) is 11.3. The molecule has 5 rings (SSSR count). The van der Waals surface area contributed by atoms with E-state index in [0.29, 0.717) is 22.6 Å². The average molecular weight is 488 g/mol. The molecule has 1 aromatic carbocycles. The molecule has 1 aliphatic heterocycles. The van der Waals surface area contributed by atoms with E-state index in [1.54, 1.807) is 24.8 Å². The molecule has 4 aromatic rings. The molecular weight excluding hydrogens is 467 g/mol. The van der Waals surface area contributed by atoms with E-state index in [9.17, 15) is 18.0 Å². The Balaban J connectivity index is 1.25. The molecule has 8 nitrogen and oxygen atoms in total. The Morgan fingerprint density at radius 2 is 1.94 bits per heavy atom. The van der Waals surface area contributed by atoms with Gasteiger partial charge in [-0.25, -0.2) is 15.0 Å². The monoisotopic (exact) mass is 487 g/mol. The van der Waals surface area contributed by atoms with Crippen LogP contribution in [0.3, 0.4) is 0 Å². The van der Waals surface area contributed by atoms with E-state index in [4.69, 9.17) is 0 Å². The molecule has 0 aliphatic carbocycles. The molecular formula is C22H20F3N7OS. The molecule has 34 heavy (non-hydrogen) atoms. The Morgan fingerprint density at radius 1 is 1.18 bits per heavy atom. The van der Waals surface area contributed by atoms with Crippen molar-refractivity contribution < 1.29 is 18.0 Å². The number of imidazole rings is 1. The molecule has 1 amide bonds. The molecule has 1 atom stereocenters. The number of thiazole rings is 1. The van der Waals surface area contributed by atoms with Gasteiger partial charge in [0.25, 0.3) is 5.91 Å². The highest BCUT2D eigenvalue weighted by atomic mass is 32.1. The molecule has 1 saturated heterocycles. The predicted octanol–water partition coefficient (Wildman–Crippen LogP) is 4.29. The molecule has 0 saturated carbocycles. The second-order valence-corrected chi connectivity index (χ2v) is 9.05. The lowest BCUT2D eigenvalue weighted by molar-refractivity contribution is -0.137. The van der Waals surface area contributed by atoms with Crippen molar-refractivity contribution in [3.05, 3.63) is 65.2 Å². The van der Waals surface area contributed by atoms with Gasteiger partial charge in [-0.2, -0.15) is 13.2 Å². The molecule has 3 N–H and O–H groups in total. The van der Waals surface area contributed by atoms with Crippen LogP contribution in [-0.4, -0.2) is 38.5 Å². The van der Waals surface area contributed by atoms with Crippen molar-refractivity contribution in [3.63, 3.8) is 0 Å². The summed E-state index contributed by atoms with van der Waals surface area (Å²) in [6, 6.07) is 6.44. The quantitative estimate of drug-likeness (QED) is 0.376. The first kappa shape index (κ1) is 22.3. The van der Waals surface area contributed by atoms with Crippen molar-refractivity contribution in [1.82, 2.24) is 30.2 Å². The van der Waals surface area contributed by atoms with Crippen LogP contribution in [-0.2, 0) is 6.18 Å². The van der Waals surface area contributed by atoms with Crippen LogP contribution in [0.1, 0.15) is 39.9 Å². The van der Waals surface area contributed by atoms with Gasteiger partial charge in [0.15, 0.2) is 5.13 Å². The van der Waals surface area contributed by atoms with Gasteiger partial charge in [0, 0.05) is 29.9 Å². The lowest BCUT2D eigenvalue weighted by Gasteiger charge is -2.28. The molecule has 176 valence electrons. The Bertz CT molecular complexity index is 1330. The zero-order valence-electron chi connectivity index (χ0n) is 17.9. The number of aromatic nitrogens is 4. The maximum absolute atomic E-state index is 12.8. The summed E-state index contributed by atoms with van der Waals surface area (Å²) in [5.41, 5.74) is 1.66. The third-order valence-electron chi connectivity index (χ3n) is 5.61. The lowest BCUT2D eigenvalue weighted by atomic mass is 10.1. The van der Waals surface area contributed by atoms with Crippen LogP contribution >= 0.6 is 11.3 Å². The maximum atomic E-state index is 12.8. The number of hydrogen-bond acceptors (Lipinski definition) is 7. The van der Waals surface area contributed by atoms with E-state index in [-0.39, 0.29) is 11.9 Å². The highest BCUT2D eigenvalue weighted by Gasteiger charge is 2.30. The lowest BCUT2D eigenvalue weighted by Crippen LogP contribution is -2.43. The van der Waals surface area contributed by atoms with Crippen LogP contribution in [0.15, 0.2) is 49.1 Å². The number of carbonyl (C=O) groups is 1. The summed E-state index contributed by atoms with van der Waals surface area (Å²) in [7, 11) is 0. The number of pyridine rings is 1. The zero-order valence-corrected chi connectivity index (χ0v) is 18.7. The van der Waals surface area contributed by atoms with Gasteiger partial charge in [-0.3, -0.25) is 4.79 Å². The minimum Gasteiger partial charge on any atom is -0.343 e. The number of benzene rings is 1. The summed E-state index contributed by atoms with van der Waals surface area (Å²) in [6.45, 7) is 3.55. The Hall–Kier alpha value is -3.51. The van der Waals surface area contributed by atoms with E-state index in [1.165, 1.54) is 23.5 Å². The summed E-state index contributed by atoms with van der Waals surface area (Å²) >= 11 is 1.30. The van der Waals surface area contributed by atoms with E-state index in [0.717, 1.165) is 41.1 Å². The summed E-state index contributed by atoms with van der Waals surface area (Å²) in [5, 5.41) is 9.64. The largest absolute Gasteiger partial charge is 0.416 e. The number of amides is 1. The third-order valence-corrected chi connectivity index (χ3v) is 6.70. The summed E-state index contributed by atoms with van der Waals surface area (Å²) in [6.07, 6.45) is 0.603. The fourth-order valence-electron chi connectivity index (χ4n) is 3.57. The van der Waals surface area contributed by atoms with Crippen LogP contribution < -0.4 is 16.0 Å². The standard InChI is InChI=1S/C22H20F3N7OS/c1-12(19-10-28-21(34-19)31-14-4-2-13(3-5-14)22(23,24)25)30-20(33)16-6-18-17(9-27-16)29-11-32(18)15-7-26-8-15/h2-6,9-12,15,26H,7-8H2,1H3,(H,28,31)(H,30,33)/t12-/m1/s1. The van der Waals surface area contributed by atoms with E-state index in [1.807, 2.05) is 6.92 Å². The van der Waals surface area contributed by atoms with Crippen molar-refractivity contribution in [2.75, 3.05) is 18.4 Å². The second kappa shape index (κ2) is 8.69. The van der Waals surface area contributed by atoms with Gasteiger partial charge in [-0.15, -0.1) is 0 Å². The van der Waals surface area contributed by atoms with Crippen LogP contribution in [0.2, 0.25) is 0 Å². The number of carbonyl (C=O) groups excluding carboxylic acids is 1. The fourth-order valence-corrected chi connectivity index (χ4v) is 4.41. The van der Waals surface area contributed by atoms with Crippen LogP contribution in [0.25, 0.3) is 11.0 Å². The highest BCUT2D eigenvalue weighted by molar-refractivity contribution is 7.15. The number of nitrogens with zero attached hydrogens (tertiary/aromatic N) is 4. The topological polar surface area (TPSA) is 96.8 Å². The van der Waals surface area contributed by atoms with E-state index < -0.39 is 11.7 Å². The first-order valence-electron chi connectivity index (χ1n) is 10.5. The highest BCUT2D eigenvalue weighted by Crippen LogP contribution is 2.31. The minimum atomic E-state index is -4.38. The number of hydrogen-bond donors (Lipinski definition) is 3. The normalized spacial score (nSPS) is 15.2. The number of anilines is 2. The van der Waals surface area contributed by atoms with Gasteiger partial charge in [0.1, 0.15) is 11.2 Å². The van der Waals surface area contributed by atoms with Crippen molar-refractivity contribution in [3.8, 4) is 0 Å². The van der Waals surface area contributed by atoms with Gasteiger partial charge in [0.2, 0.25) is 0 Å². The van der Waals surface area contributed by atoms with Crippen LogP contribution in [0, 0.1) is 0 Å². The van der Waals surface area contributed by atoms with Gasteiger partial charge in [0.05, 0.1) is 35.7 Å². The van der Waals surface area contributed by atoms with Gasteiger partial charge in [-0.05, 0) is 37.3 Å². The molecule has 12 heteroatoms. The number of alkyl halides is 3. The first-order chi connectivity index (χ1) is 16.3. The van der Waals surface area contributed by atoms with Gasteiger partial charge >= 0.3 is 6.18 Å². The van der Waals surface area contributed by atoms with E-state index >= 15 is 0 Å². The molecule has 0 bridgehead atoms. The van der Waals surface area contributed by atoms with Crippen molar-refractivity contribution in [1.29, 1.82) is 0 Å². The number of fused-ring (bicyclic) bond motifs is 1. The number of nitrogens with one attached hydrogen (secondary N) is 3. The minimum absolute atomic E-state index is 0.293. The molecule has 0 radical (unpaired) electrons. The predicted molar refractivity (Wildman–Crippen MR) is 122 cm³/mol. The van der Waals surface area contributed by atoms with E-state index in [2.05, 4.69) is 35.5 Å².